The molecule has 0 N–H and O–H groups in total. The number of rotatable bonds is 4. The van der Waals surface area contributed by atoms with Crippen LogP contribution in [0.3, 0.4) is 0 Å². The predicted octanol–water partition coefficient (Wildman–Crippen LogP) is 4.52. The Hall–Kier alpha value is -1.06. The minimum Gasteiger partial charge on any atom is -0.487 e. The van der Waals surface area contributed by atoms with E-state index in [4.69, 9.17) is 16.3 Å². The number of nitrogens with zero attached hydrogens (tertiary/aromatic N) is 1. The van der Waals surface area contributed by atoms with Crippen molar-refractivity contribution in [3.05, 3.63) is 58.4 Å². The molecule has 0 aliphatic heterocycles. The third-order valence-corrected chi connectivity index (χ3v) is 3.46. The molecule has 94 valence electrons. The molecule has 1 heterocycles. The lowest BCUT2D eigenvalue weighted by atomic mass is 10.2. The minimum atomic E-state index is 0.453. The van der Waals surface area contributed by atoms with Crippen molar-refractivity contribution in [3.63, 3.8) is 0 Å². The van der Waals surface area contributed by atoms with Gasteiger partial charge in [-0.1, -0.05) is 39.7 Å². The third-order valence-electron chi connectivity index (χ3n) is 2.54. The lowest BCUT2D eigenvalue weighted by Crippen LogP contribution is -1.97. The second-order valence-corrected chi connectivity index (χ2v) is 4.97. The average Bonchev–Trinajstić information content (AvgIpc) is 2.38. The topological polar surface area (TPSA) is 22.1 Å². The summed E-state index contributed by atoms with van der Waals surface area (Å²) in [7, 11) is 0. The van der Waals surface area contributed by atoms with Gasteiger partial charge in [-0.2, -0.15) is 0 Å². The molecule has 0 saturated heterocycles. The summed E-state index contributed by atoms with van der Waals surface area (Å²) in [4.78, 5) is 4.24. The van der Waals surface area contributed by atoms with Crippen LogP contribution in [0.25, 0.3) is 0 Å². The van der Waals surface area contributed by atoms with Crippen LogP contribution in [0, 0.1) is 6.92 Å². The number of halogens is 2. The molecule has 2 aromatic rings. The van der Waals surface area contributed by atoms with Crippen molar-refractivity contribution < 1.29 is 4.74 Å². The normalized spacial score (nSPS) is 10.4. The standard InChI is InChI=1S/C14H13BrClNO/c1-10-2-3-11(14(16)6-10)9-18-13-5-4-12(7-15)17-8-13/h2-6,8H,7,9H2,1H3. The van der Waals surface area contributed by atoms with E-state index in [2.05, 4.69) is 20.9 Å². The van der Waals surface area contributed by atoms with Gasteiger partial charge < -0.3 is 4.74 Å². The first kappa shape index (κ1) is 13.4. The number of benzene rings is 1. The van der Waals surface area contributed by atoms with Crippen LogP contribution in [0.2, 0.25) is 5.02 Å². The van der Waals surface area contributed by atoms with Gasteiger partial charge in [0, 0.05) is 15.9 Å². The SMILES string of the molecule is Cc1ccc(COc2ccc(CBr)nc2)c(Cl)c1. The van der Waals surface area contributed by atoms with E-state index in [1.54, 1.807) is 6.20 Å². The Labute approximate surface area is 120 Å². The molecule has 4 heteroatoms. The highest BCUT2D eigenvalue weighted by Gasteiger charge is 2.02. The zero-order valence-corrected chi connectivity index (χ0v) is 12.3. The van der Waals surface area contributed by atoms with E-state index in [0.29, 0.717) is 6.61 Å². The van der Waals surface area contributed by atoms with Crippen molar-refractivity contribution in [3.8, 4) is 5.75 Å². The average molecular weight is 327 g/mol. The van der Waals surface area contributed by atoms with Gasteiger partial charge in [0.1, 0.15) is 12.4 Å². The van der Waals surface area contributed by atoms with Crippen LogP contribution in [0.1, 0.15) is 16.8 Å². The molecular formula is C14H13BrClNO. The van der Waals surface area contributed by atoms with Gasteiger partial charge in [0.25, 0.3) is 0 Å². The quantitative estimate of drug-likeness (QED) is 0.771. The Bertz CT molecular complexity index is 528. The number of pyridine rings is 1. The summed E-state index contributed by atoms with van der Waals surface area (Å²) in [5.74, 6) is 0.747. The summed E-state index contributed by atoms with van der Waals surface area (Å²) >= 11 is 9.49. The monoisotopic (exact) mass is 325 g/mol. The summed E-state index contributed by atoms with van der Waals surface area (Å²) in [6.07, 6.45) is 1.72. The molecule has 2 rings (SSSR count). The number of alkyl halides is 1. The first-order valence-electron chi connectivity index (χ1n) is 5.58. The maximum absolute atomic E-state index is 6.14. The molecule has 0 spiro atoms. The Kier molecular flexibility index (Phi) is 4.61. The molecule has 0 aliphatic rings. The molecule has 0 atom stereocenters. The molecule has 0 bridgehead atoms. The zero-order valence-electron chi connectivity index (χ0n) is 9.99. The molecule has 0 aliphatic carbocycles. The first-order valence-corrected chi connectivity index (χ1v) is 7.07. The lowest BCUT2D eigenvalue weighted by Gasteiger charge is -2.08. The van der Waals surface area contributed by atoms with Crippen molar-refractivity contribution in [2.24, 2.45) is 0 Å². The van der Waals surface area contributed by atoms with Crippen molar-refractivity contribution in [1.29, 1.82) is 0 Å². The van der Waals surface area contributed by atoms with Gasteiger partial charge in [-0.15, -0.1) is 0 Å². The van der Waals surface area contributed by atoms with Crippen LogP contribution in [0.4, 0.5) is 0 Å². The van der Waals surface area contributed by atoms with Gasteiger partial charge in [-0.3, -0.25) is 4.98 Å². The Morgan fingerprint density at radius 1 is 1.28 bits per heavy atom. The molecule has 18 heavy (non-hydrogen) atoms. The number of ether oxygens (including phenoxy) is 1. The third kappa shape index (κ3) is 3.47. The van der Waals surface area contributed by atoms with E-state index in [0.717, 1.165) is 32.9 Å². The molecule has 2 nitrogen and oxygen atoms in total. The van der Waals surface area contributed by atoms with Gasteiger partial charge in [0.2, 0.25) is 0 Å². The van der Waals surface area contributed by atoms with Gasteiger partial charge in [-0.25, -0.2) is 0 Å². The van der Waals surface area contributed by atoms with E-state index in [-0.39, 0.29) is 0 Å². The lowest BCUT2D eigenvalue weighted by molar-refractivity contribution is 0.305. The highest BCUT2D eigenvalue weighted by Crippen LogP contribution is 2.20. The van der Waals surface area contributed by atoms with Crippen LogP contribution in [-0.4, -0.2) is 4.98 Å². The van der Waals surface area contributed by atoms with Crippen LogP contribution in [-0.2, 0) is 11.9 Å². The number of aryl methyl sites for hydroxylation is 1. The number of hydrogen-bond acceptors (Lipinski definition) is 2. The van der Waals surface area contributed by atoms with E-state index in [1.165, 1.54) is 0 Å². The van der Waals surface area contributed by atoms with E-state index < -0.39 is 0 Å². The summed E-state index contributed by atoms with van der Waals surface area (Å²) < 4.78 is 5.65. The second kappa shape index (κ2) is 6.21. The fraction of sp³-hybridized carbons (Fsp3) is 0.214. The van der Waals surface area contributed by atoms with Crippen molar-refractivity contribution in [2.75, 3.05) is 0 Å². The van der Waals surface area contributed by atoms with Crippen LogP contribution < -0.4 is 4.74 Å². The highest BCUT2D eigenvalue weighted by atomic mass is 79.9. The molecular weight excluding hydrogens is 314 g/mol. The van der Waals surface area contributed by atoms with Gasteiger partial charge in [0.15, 0.2) is 0 Å². The van der Waals surface area contributed by atoms with Crippen molar-refractivity contribution in [1.82, 2.24) is 4.98 Å². The predicted molar refractivity (Wildman–Crippen MR) is 77.4 cm³/mol. The van der Waals surface area contributed by atoms with E-state index in [1.807, 2.05) is 37.3 Å². The maximum Gasteiger partial charge on any atom is 0.138 e. The maximum atomic E-state index is 6.14. The second-order valence-electron chi connectivity index (χ2n) is 4.00. The zero-order chi connectivity index (χ0) is 13.0. The Morgan fingerprint density at radius 3 is 2.72 bits per heavy atom. The van der Waals surface area contributed by atoms with Gasteiger partial charge >= 0.3 is 0 Å². The fourth-order valence-corrected chi connectivity index (χ4v) is 2.13. The van der Waals surface area contributed by atoms with E-state index in [9.17, 15) is 0 Å². The summed E-state index contributed by atoms with van der Waals surface area (Å²) in [5, 5.41) is 1.48. The first-order chi connectivity index (χ1) is 8.69. The smallest absolute Gasteiger partial charge is 0.138 e. The number of aromatic nitrogens is 1. The summed E-state index contributed by atoms with van der Waals surface area (Å²) in [6.45, 7) is 2.47. The van der Waals surface area contributed by atoms with Crippen LogP contribution in [0.5, 0.6) is 5.75 Å². The Balaban J connectivity index is 2.02. The molecule has 0 saturated carbocycles. The van der Waals surface area contributed by atoms with Crippen LogP contribution >= 0.6 is 27.5 Å². The molecule has 0 radical (unpaired) electrons. The highest BCUT2D eigenvalue weighted by molar-refractivity contribution is 9.08. The molecule has 0 unspecified atom stereocenters. The van der Waals surface area contributed by atoms with Gasteiger partial charge in [-0.05, 0) is 30.7 Å². The minimum absolute atomic E-state index is 0.453. The van der Waals surface area contributed by atoms with E-state index >= 15 is 0 Å². The Morgan fingerprint density at radius 2 is 2.11 bits per heavy atom. The molecule has 0 amide bonds. The summed E-state index contributed by atoms with van der Waals surface area (Å²) in [6, 6.07) is 9.79. The summed E-state index contributed by atoms with van der Waals surface area (Å²) in [5.41, 5.74) is 3.11. The largest absolute Gasteiger partial charge is 0.487 e. The number of hydrogen-bond donors (Lipinski definition) is 0. The van der Waals surface area contributed by atoms with Crippen molar-refractivity contribution >= 4 is 27.5 Å². The molecule has 0 fully saturated rings. The van der Waals surface area contributed by atoms with Gasteiger partial charge in [0.05, 0.1) is 11.9 Å². The molecule has 1 aromatic heterocycles. The van der Waals surface area contributed by atoms with Crippen LogP contribution in [0.15, 0.2) is 36.5 Å². The van der Waals surface area contributed by atoms with Crippen molar-refractivity contribution in [2.45, 2.75) is 18.9 Å². The molecule has 1 aromatic carbocycles. The fourth-order valence-electron chi connectivity index (χ4n) is 1.51.